The fraction of sp³-hybridized carbons (Fsp3) is 0.375. The highest BCUT2D eigenvalue weighted by molar-refractivity contribution is 6.34. The van der Waals surface area contributed by atoms with Gasteiger partial charge in [-0.3, -0.25) is 14.5 Å². The van der Waals surface area contributed by atoms with E-state index in [9.17, 15) is 9.59 Å². The summed E-state index contributed by atoms with van der Waals surface area (Å²) in [5.41, 5.74) is 7.93. The highest BCUT2D eigenvalue weighted by atomic mass is 35.5. The molecule has 2 aromatic carbocycles. The van der Waals surface area contributed by atoms with Gasteiger partial charge in [0.1, 0.15) is 5.75 Å². The third kappa shape index (κ3) is 4.64. The van der Waals surface area contributed by atoms with Gasteiger partial charge in [-0.15, -0.1) is 0 Å². The molecule has 0 saturated carbocycles. The number of halogens is 1. The highest BCUT2D eigenvalue weighted by Crippen LogP contribution is 2.38. The second-order valence-electron chi connectivity index (χ2n) is 8.18. The van der Waals surface area contributed by atoms with Gasteiger partial charge in [-0.05, 0) is 38.1 Å². The molecule has 0 unspecified atom stereocenters. The van der Waals surface area contributed by atoms with Gasteiger partial charge in [0.15, 0.2) is 0 Å². The van der Waals surface area contributed by atoms with Crippen LogP contribution in [0.15, 0.2) is 53.6 Å². The lowest BCUT2D eigenvalue weighted by Crippen LogP contribution is -2.44. The number of piperidine rings is 1. The predicted octanol–water partition coefficient (Wildman–Crippen LogP) is 3.22. The van der Waals surface area contributed by atoms with Crippen molar-refractivity contribution in [2.75, 3.05) is 26.7 Å². The lowest BCUT2D eigenvalue weighted by atomic mass is 9.96. The Hall–Kier alpha value is -2.90. The van der Waals surface area contributed by atoms with Crippen molar-refractivity contribution in [1.29, 1.82) is 0 Å². The molecule has 7 nitrogen and oxygen atoms in total. The van der Waals surface area contributed by atoms with E-state index in [1.165, 1.54) is 0 Å². The molecule has 168 valence electrons. The highest BCUT2D eigenvalue weighted by Gasteiger charge is 2.36. The van der Waals surface area contributed by atoms with Crippen LogP contribution in [0.4, 0.5) is 0 Å². The van der Waals surface area contributed by atoms with E-state index in [0.29, 0.717) is 43.1 Å². The van der Waals surface area contributed by atoms with Crippen molar-refractivity contribution >= 4 is 29.1 Å². The minimum absolute atomic E-state index is 0.0968. The summed E-state index contributed by atoms with van der Waals surface area (Å²) >= 11 is 6.42. The number of para-hydroxylation sites is 1. The van der Waals surface area contributed by atoms with Gasteiger partial charge >= 0.3 is 0 Å². The van der Waals surface area contributed by atoms with Gasteiger partial charge < -0.3 is 10.5 Å². The number of nitrogens with two attached hydrogens (primary N) is 1. The number of nitrogens with zero attached hydrogens (tertiary/aromatic N) is 3. The maximum atomic E-state index is 13.4. The van der Waals surface area contributed by atoms with Crippen molar-refractivity contribution in [3.8, 4) is 5.75 Å². The summed E-state index contributed by atoms with van der Waals surface area (Å²) in [5.74, 6) is 0.244. The lowest BCUT2D eigenvalue weighted by Gasteiger charge is -2.31. The van der Waals surface area contributed by atoms with Crippen LogP contribution < -0.4 is 10.5 Å². The van der Waals surface area contributed by atoms with E-state index in [1.807, 2.05) is 48.5 Å². The zero-order chi connectivity index (χ0) is 22.7. The Morgan fingerprint density at radius 1 is 1.12 bits per heavy atom. The number of carbonyl (C=O) groups is 2. The van der Waals surface area contributed by atoms with Crippen molar-refractivity contribution in [1.82, 2.24) is 9.91 Å². The first-order chi connectivity index (χ1) is 15.5. The average molecular weight is 455 g/mol. The lowest BCUT2D eigenvalue weighted by molar-refractivity contribution is -0.134. The van der Waals surface area contributed by atoms with Gasteiger partial charge in [0.05, 0.1) is 25.4 Å². The molecule has 0 bridgehead atoms. The fourth-order valence-electron chi connectivity index (χ4n) is 4.42. The summed E-state index contributed by atoms with van der Waals surface area (Å²) in [5, 5.41) is 6.89. The van der Waals surface area contributed by atoms with Crippen LogP contribution >= 0.6 is 11.6 Å². The third-order valence-electron chi connectivity index (χ3n) is 6.20. The molecule has 1 saturated heterocycles. The number of primary amides is 1. The van der Waals surface area contributed by atoms with Crippen molar-refractivity contribution in [2.24, 2.45) is 16.8 Å². The van der Waals surface area contributed by atoms with E-state index >= 15 is 0 Å². The molecule has 1 fully saturated rings. The van der Waals surface area contributed by atoms with Crippen molar-refractivity contribution in [3.63, 3.8) is 0 Å². The maximum absolute atomic E-state index is 13.4. The molecular weight excluding hydrogens is 428 g/mol. The Bertz CT molecular complexity index is 1030. The van der Waals surface area contributed by atoms with E-state index in [0.717, 1.165) is 16.8 Å². The third-order valence-corrected chi connectivity index (χ3v) is 6.53. The molecule has 2 heterocycles. The molecule has 0 aromatic heterocycles. The molecular formula is C24H27ClN4O3. The Balaban J connectivity index is 1.59. The van der Waals surface area contributed by atoms with Gasteiger partial charge in [0.25, 0.3) is 5.91 Å². The van der Waals surface area contributed by atoms with Crippen molar-refractivity contribution < 1.29 is 14.3 Å². The smallest absolute Gasteiger partial charge is 0.257 e. The summed E-state index contributed by atoms with van der Waals surface area (Å²) < 4.78 is 5.57. The van der Waals surface area contributed by atoms with E-state index in [1.54, 1.807) is 12.1 Å². The topological polar surface area (TPSA) is 88.2 Å². The molecule has 2 aromatic rings. The first-order valence-electron chi connectivity index (χ1n) is 10.8. The summed E-state index contributed by atoms with van der Waals surface area (Å²) in [4.78, 5) is 26.9. The molecule has 2 amide bonds. The van der Waals surface area contributed by atoms with Crippen LogP contribution in [0, 0.1) is 5.92 Å². The van der Waals surface area contributed by atoms with Gasteiger partial charge in [-0.2, -0.15) is 5.10 Å². The minimum Gasteiger partial charge on any atom is -0.496 e. The summed E-state index contributed by atoms with van der Waals surface area (Å²) in [6, 6.07) is 14.9. The van der Waals surface area contributed by atoms with E-state index in [4.69, 9.17) is 27.2 Å². The van der Waals surface area contributed by atoms with E-state index < -0.39 is 0 Å². The van der Waals surface area contributed by atoms with Crippen LogP contribution in [0.25, 0.3) is 0 Å². The first-order valence-corrected chi connectivity index (χ1v) is 11.1. The molecule has 8 heteroatoms. The normalized spacial score (nSPS) is 19.6. The number of likely N-dealkylation sites (tertiary alicyclic amines) is 1. The average Bonchev–Trinajstić information content (AvgIpc) is 3.25. The molecule has 0 aliphatic carbocycles. The number of hydrazone groups is 1. The molecule has 2 N–H and O–H groups in total. The Kier molecular flexibility index (Phi) is 6.77. The Morgan fingerprint density at radius 2 is 1.81 bits per heavy atom. The molecule has 32 heavy (non-hydrogen) atoms. The fourth-order valence-corrected chi connectivity index (χ4v) is 4.67. The van der Waals surface area contributed by atoms with Crippen LogP contribution in [0.3, 0.4) is 0 Å². The van der Waals surface area contributed by atoms with E-state index in [2.05, 4.69) is 4.90 Å². The van der Waals surface area contributed by atoms with Crippen LogP contribution in [-0.2, 0) is 9.59 Å². The number of benzene rings is 2. The predicted molar refractivity (Wildman–Crippen MR) is 124 cm³/mol. The van der Waals surface area contributed by atoms with Crippen LogP contribution in [0.1, 0.15) is 36.4 Å². The molecule has 4 rings (SSSR count). The Morgan fingerprint density at radius 3 is 2.50 bits per heavy atom. The van der Waals surface area contributed by atoms with Crippen LogP contribution in [0.5, 0.6) is 5.75 Å². The van der Waals surface area contributed by atoms with Gasteiger partial charge in [-0.1, -0.05) is 48.0 Å². The summed E-state index contributed by atoms with van der Waals surface area (Å²) in [6.07, 6.45) is 1.89. The standard InChI is InChI=1S/C24H27ClN4O3/c1-32-22-9-5-3-7-18(22)21-14-20(17-6-2-4-8-19(17)25)27-29(21)23(30)15-28-12-10-16(11-13-28)24(26)31/h2-9,16,21H,10-15H2,1H3,(H2,26,31)/t21-/m1/s1. The van der Waals surface area contributed by atoms with Gasteiger partial charge in [-0.25, -0.2) is 5.01 Å². The molecule has 0 radical (unpaired) electrons. The number of hydrogen-bond donors (Lipinski definition) is 1. The molecule has 1 atom stereocenters. The van der Waals surface area contributed by atoms with Crippen molar-refractivity contribution in [3.05, 3.63) is 64.7 Å². The van der Waals surface area contributed by atoms with Crippen molar-refractivity contribution in [2.45, 2.75) is 25.3 Å². The molecule has 0 spiro atoms. The SMILES string of the molecule is COc1ccccc1[C@H]1CC(c2ccccc2Cl)=NN1C(=O)CN1CCC(C(N)=O)CC1. The second-order valence-corrected chi connectivity index (χ2v) is 8.59. The monoisotopic (exact) mass is 454 g/mol. The zero-order valence-corrected chi connectivity index (χ0v) is 18.8. The molecule has 2 aliphatic heterocycles. The van der Waals surface area contributed by atoms with Gasteiger partial charge in [0.2, 0.25) is 5.91 Å². The number of amides is 2. The number of ether oxygens (including phenoxy) is 1. The number of hydrogen-bond acceptors (Lipinski definition) is 5. The number of methoxy groups -OCH3 is 1. The quantitative estimate of drug-likeness (QED) is 0.725. The largest absolute Gasteiger partial charge is 0.496 e. The van der Waals surface area contributed by atoms with Crippen LogP contribution in [0.2, 0.25) is 5.02 Å². The first kappa shape index (κ1) is 22.3. The zero-order valence-electron chi connectivity index (χ0n) is 18.0. The van der Waals surface area contributed by atoms with Gasteiger partial charge in [0, 0.05) is 28.5 Å². The molecule has 2 aliphatic rings. The second kappa shape index (κ2) is 9.71. The van der Waals surface area contributed by atoms with Crippen LogP contribution in [-0.4, -0.2) is 54.2 Å². The van der Waals surface area contributed by atoms with E-state index in [-0.39, 0.29) is 30.3 Å². The minimum atomic E-state index is -0.284. The summed E-state index contributed by atoms with van der Waals surface area (Å²) in [7, 11) is 1.62. The Labute approximate surface area is 192 Å². The number of rotatable bonds is 6. The number of carbonyl (C=O) groups excluding carboxylic acids is 2. The summed E-state index contributed by atoms with van der Waals surface area (Å²) in [6.45, 7) is 1.55. The maximum Gasteiger partial charge on any atom is 0.257 e.